The molecule has 1 amide bonds. The topological polar surface area (TPSA) is 29.5 Å². The van der Waals surface area contributed by atoms with Gasteiger partial charge in [0.05, 0.1) is 7.11 Å². The minimum atomic E-state index is 0.0185. The van der Waals surface area contributed by atoms with Crippen LogP contribution < -0.4 is 4.74 Å². The predicted octanol–water partition coefficient (Wildman–Crippen LogP) is 2.43. The van der Waals surface area contributed by atoms with Gasteiger partial charge < -0.3 is 9.64 Å². The summed E-state index contributed by atoms with van der Waals surface area (Å²) in [5.41, 5.74) is 1.11. The average Bonchev–Trinajstić information content (AvgIpc) is 3.20. The van der Waals surface area contributed by atoms with Gasteiger partial charge >= 0.3 is 0 Å². The number of methoxy groups -OCH3 is 1. The van der Waals surface area contributed by atoms with Gasteiger partial charge in [-0.25, -0.2) is 0 Å². The van der Waals surface area contributed by atoms with E-state index in [1.165, 1.54) is 0 Å². The van der Waals surface area contributed by atoms with E-state index in [2.05, 4.69) is 0 Å². The van der Waals surface area contributed by atoms with Gasteiger partial charge in [0.15, 0.2) is 0 Å². The Bertz CT molecular complexity index is 387. The quantitative estimate of drug-likeness (QED) is 0.755. The molecule has 2 rings (SSSR count). The highest BCUT2D eigenvalue weighted by molar-refractivity contribution is 6.27. The molecule has 1 aromatic carbocycles. The fourth-order valence-corrected chi connectivity index (χ4v) is 1.97. The Morgan fingerprint density at radius 3 is 2.53 bits per heavy atom. The van der Waals surface area contributed by atoms with Crippen LogP contribution in [0.5, 0.6) is 5.75 Å². The van der Waals surface area contributed by atoms with Gasteiger partial charge in [-0.15, -0.1) is 11.6 Å². The van der Waals surface area contributed by atoms with E-state index >= 15 is 0 Å². The monoisotopic (exact) mass is 253 g/mol. The lowest BCUT2D eigenvalue weighted by molar-refractivity contribution is -0.129. The van der Waals surface area contributed by atoms with E-state index in [4.69, 9.17) is 16.3 Å². The van der Waals surface area contributed by atoms with Gasteiger partial charge in [-0.3, -0.25) is 4.79 Å². The third-order valence-electron chi connectivity index (χ3n) is 2.93. The normalized spacial score (nSPS) is 14.5. The van der Waals surface area contributed by atoms with Crippen LogP contribution in [0.15, 0.2) is 24.3 Å². The Labute approximate surface area is 106 Å². The Balaban J connectivity index is 2.03. The maximum atomic E-state index is 11.7. The molecule has 0 atom stereocenters. The SMILES string of the molecule is COc1ccc(CN(C(=O)CCl)C2CC2)cc1. The molecule has 1 fully saturated rings. The summed E-state index contributed by atoms with van der Waals surface area (Å²) in [6.07, 6.45) is 2.19. The maximum absolute atomic E-state index is 11.7. The Hall–Kier alpha value is -1.22. The Morgan fingerprint density at radius 1 is 1.41 bits per heavy atom. The Morgan fingerprint density at radius 2 is 2.06 bits per heavy atom. The van der Waals surface area contributed by atoms with Gasteiger partial charge in [-0.05, 0) is 30.5 Å². The zero-order valence-corrected chi connectivity index (χ0v) is 10.6. The first-order chi connectivity index (χ1) is 8.24. The number of rotatable bonds is 5. The second-order valence-corrected chi connectivity index (χ2v) is 4.50. The minimum Gasteiger partial charge on any atom is -0.497 e. The van der Waals surface area contributed by atoms with Crippen LogP contribution in [0.4, 0.5) is 0 Å². The summed E-state index contributed by atoms with van der Waals surface area (Å²) >= 11 is 5.62. The molecule has 0 N–H and O–H groups in total. The van der Waals surface area contributed by atoms with E-state index in [-0.39, 0.29) is 11.8 Å². The number of hydrogen-bond acceptors (Lipinski definition) is 2. The molecule has 1 saturated carbocycles. The van der Waals surface area contributed by atoms with Gasteiger partial charge in [0.2, 0.25) is 5.91 Å². The van der Waals surface area contributed by atoms with Gasteiger partial charge in [-0.2, -0.15) is 0 Å². The number of benzene rings is 1. The summed E-state index contributed by atoms with van der Waals surface area (Å²) < 4.78 is 5.10. The van der Waals surface area contributed by atoms with Crippen molar-refractivity contribution in [1.29, 1.82) is 0 Å². The number of amides is 1. The molecule has 0 aromatic heterocycles. The van der Waals surface area contributed by atoms with Gasteiger partial charge in [0.1, 0.15) is 11.6 Å². The molecule has 1 aliphatic carbocycles. The highest BCUT2D eigenvalue weighted by Gasteiger charge is 2.31. The van der Waals surface area contributed by atoms with Crippen LogP contribution in [0, 0.1) is 0 Å². The molecular formula is C13H16ClNO2. The first kappa shape index (κ1) is 12.2. The zero-order chi connectivity index (χ0) is 12.3. The van der Waals surface area contributed by atoms with E-state index in [1.54, 1.807) is 7.11 Å². The van der Waals surface area contributed by atoms with Crippen molar-refractivity contribution < 1.29 is 9.53 Å². The number of nitrogens with zero attached hydrogens (tertiary/aromatic N) is 1. The van der Waals surface area contributed by atoms with Crippen molar-refractivity contribution in [1.82, 2.24) is 4.90 Å². The van der Waals surface area contributed by atoms with Crippen LogP contribution in [0.25, 0.3) is 0 Å². The highest BCUT2D eigenvalue weighted by atomic mass is 35.5. The minimum absolute atomic E-state index is 0.0185. The summed E-state index contributed by atoms with van der Waals surface area (Å²) in [7, 11) is 1.64. The third-order valence-corrected chi connectivity index (χ3v) is 3.16. The fraction of sp³-hybridized carbons (Fsp3) is 0.462. The number of hydrogen-bond donors (Lipinski definition) is 0. The second kappa shape index (κ2) is 5.41. The van der Waals surface area contributed by atoms with Crippen LogP contribution in [-0.4, -0.2) is 29.8 Å². The first-order valence-electron chi connectivity index (χ1n) is 5.73. The summed E-state index contributed by atoms with van der Waals surface area (Å²) in [6.45, 7) is 0.639. The number of alkyl halides is 1. The van der Waals surface area contributed by atoms with Crippen LogP contribution >= 0.6 is 11.6 Å². The molecular weight excluding hydrogens is 238 g/mol. The van der Waals surface area contributed by atoms with Gasteiger partial charge in [-0.1, -0.05) is 12.1 Å². The molecule has 0 heterocycles. The molecule has 0 aliphatic heterocycles. The van der Waals surface area contributed by atoms with Crippen molar-refractivity contribution in [2.75, 3.05) is 13.0 Å². The lowest BCUT2D eigenvalue weighted by Gasteiger charge is -2.21. The molecule has 0 bridgehead atoms. The van der Waals surface area contributed by atoms with E-state index in [0.717, 1.165) is 24.2 Å². The molecule has 0 radical (unpaired) electrons. The molecule has 92 valence electrons. The Kier molecular flexibility index (Phi) is 3.89. The molecule has 1 aliphatic rings. The van der Waals surface area contributed by atoms with Crippen LogP contribution in [0.2, 0.25) is 0 Å². The molecule has 0 unspecified atom stereocenters. The molecule has 1 aromatic rings. The van der Waals surface area contributed by atoms with Crippen molar-refractivity contribution in [3.8, 4) is 5.75 Å². The number of ether oxygens (including phenoxy) is 1. The number of halogens is 1. The number of carbonyl (C=O) groups is 1. The van der Waals surface area contributed by atoms with Crippen LogP contribution in [-0.2, 0) is 11.3 Å². The summed E-state index contributed by atoms with van der Waals surface area (Å²) in [6, 6.07) is 8.17. The summed E-state index contributed by atoms with van der Waals surface area (Å²) in [4.78, 5) is 13.6. The van der Waals surface area contributed by atoms with Gasteiger partial charge in [0.25, 0.3) is 0 Å². The smallest absolute Gasteiger partial charge is 0.238 e. The fourth-order valence-electron chi connectivity index (χ4n) is 1.81. The van der Waals surface area contributed by atoms with E-state index in [0.29, 0.717) is 12.6 Å². The molecule has 0 saturated heterocycles. The third kappa shape index (κ3) is 3.13. The highest BCUT2D eigenvalue weighted by Crippen LogP contribution is 2.28. The van der Waals surface area contributed by atoms with E-state index in [9.17, 15) is 4.79 Å². The lowest BCUT2D eigenvalue weighted by atomic mass is 10.2. The number of carbonyl (C=O) groups excluding carboxylic acids is 1. The molecule has 0 spiro atoms. The van der Waals surface area contributed by atoms with Crippen molar-refractivity contribution >= 4 is 17.5 Å². The summed E-state index contributed by atoms with van der Waals surface area (Å²) in [5.74, 6) is 0.910. The van der Waals surface area contributed by atoms with Gasteiger partial charge in [0, 0.05) is 12.6 Å². The molecule has 3 nitrogen and oxygen atoms in total. The largest absolute Gasteiger partial charge is 0.497 e. The van der Waals surface area contributed by atoms with Crippen molar-refractivity contribution in [3.05, 3.63) is 29.8 Å². The predicted molar refractivity (Wildman–Crippen MR) is 67.3 cm³/mol. The van der Waals surface area contributed by atoms with Crippen molar-refractivity contribution in [2.45, 2.75) is 25.4 Å². The zero-order valence-electron chi connectivity index (χ0n) is 9.86. The molecule has 17 heavy (non-hydrogen) atoms. The van der Waals surface area contributed by atoms with E-state index < -0.39 is 0 Å². The van der Waals surface area contributed by atoms with E-state index in [1.807, 2.05) is 29.2 Å². The molecule has 4 heteroatoms. The van der Waals surface area contributed by atoms with Crippen molar-refractivity contribution in [3.63, 3.8) is 0 Å². The maximum Gasteiger partial charge on any atom is 0.238 e. The van der Waals surface area contributed by atoms with Crippen LogP contribution in [0.3, 0.4) is 0 Å². The summed E-state index contributed by atoms with van der Waals surface area (Å²) in [5, 5.41) is 0. The average molecular weight is 254 g/mol. The second-order valence-electron chi connectivity index (χ2n) is 4.23. The first-order valence-corrected chi connectivity index (χ1v) is 6.26. The lowest BCUT2D eigenvalue weighted by Crippen LogP contribution is -2.33. The standard InChI is InChI=1S/C13H16ClNO2/c1-17-12-6-2-10(3-7-12)9-15(11-4-5-11)13(16)8-14/h2-3,6-7,11H,4-5,8-9H2,1H3. The van der Waals surface area contributed by atoms with Crippen LogP contribution in [0.1, 0.15) is 18.4 Å². The van der Waals surface area contributed by atoms with Crippen molar-refractivity contribution in [2.24, 2.45) is 0 Å².